The van der Waals surface area contributed by atoms with E-state index in [1.54, 1.807) is 24.3 Å². The average molecular weight is 528 g/mol. The molecule has 0 atom stereocenters. The van der Waals surface area contributed by atoms with Crippen molar-refractivity contribution in [1.82, 2.24) is 0 Å². The molecule has 0 heterocycles. The Hall–Kier alpha value is -3.86. The minimum Gasteiger partial charge on any atom is -1.00 e. The Morgan fingerprint density at radius 3 is 1.79 bits per heavy atom. The third kappa shape index (κ3) is 8.58. The van der Waals surface area contributed by atoms with E-state index in [1.807, 2.05) is 12.1 Å². The van der Waals surface area contributed by atoms with Crippen LogP contribution in [0.5, 0.6) is 23.0 Å². The molecule has 0 aliphatic rings. The van der Waals surface area contributed by atoms with Gasteiger partial charge in [0, 0.05) is 35.7 Å². The molecule has 0 unspecified atom stereocenters. The van der Waals surface area contributed by atoms with Crippen molar-refractivity contribution in [1.29, 1.82) is 10.5 Å². The number of hydrogen-bond acceptors (Lipinski definition) is 8. The van der Waals surface area contributed by atoms with Gasteiger partial charge < -0.3 is 41.2 Å². The summed E-state index contributed by atoms with van der Waals surface area (Å²) in [5.74, 6) is 0.804. The van der Waals surface area contributed by atoms with Crippen LogP contribution in [0.1, 0.15) is 11.1 Å². The van der Waals surface area contributed by atoms with Gasteiger partial charge in [0.15, 0.2) is 11.4 Å². The van der Waals surface area contributed by atoms with Crippen LogP contribution >= 0.6 is 0 Å². The molecule has 0 bridgehead atoms. The Kier molecular flexibility index (Phi) is 10.8. The summed E-state index contributed by atoms with van der Waals surface area (Å²) in [6.07, 6.45) is 2.52. The molecule has 0 saturated carbocycles. The first-order valence-electron chi connectivity index (χ1n) is 9.92. The zero-order chi connectivity index (χ0) is 24.4. The molecule has 0 aliphatic heterocycles. The first-order chi connectivity index (χ1) is 15.7. The summed E-state index contributed by atoms with van der Waals surface area (Å²) in [7, 11) is 7.64. The van der Waals surface area contributed by atoms with Gasteiger partial charge in [-0.3, -0.25) is 0 Å². The molecular formula is C24H26BrN5O4. The molecule has 0 aliphatic carbocycles. The van der Waals surface area contributed by atoms with Gasteiger partial charge in [-0.05, 0) is 24.3 Å². The molecule has 178 valence electrons. The van der Waals surface area contributed by atoms with Crippen molar-refractivity contribution in [3.05, 3.63) is 58.9 Å². The predicted molar refractivity (Wildman–Crippen MR) is 125 cm³/mol. The van der Waals surface area contributed by atoms with Crippen molar-refractivity contribution >= 4 is 12.4 Å². The molecule has 0 aromatic heterocycles. The highest BCUT2D eigenvalue weighted by atomic mass is 79.9. The number of likely N-dealkylation sites (N-methyl/N-ethyl adjacent to an activating group) is 1. The highest BCUT2D eigenvalue weighted by Gasteiger charge is 2.09. The van der Waals surface area contributed by atoms with Gasteiger partial charge in [0.25, 0.3) is 0 Å². The van der Waals surface area contributed by atoms with Crippen molar-refractivity contribution in [2.45, 2.75) is 0 Å². The second-order valence-corrected chi connectivity index (χ2v) is 7.94. The highest BCUT2D eigenvalue weighted by Crippen LogP contribution is 2.24. The predicted octanol–water partition coefficient (Wildman–Crippen LogP) is -0.00784. The lowest BCUT2D eigenvalue weighted by atomic mass is 10.2. The molecule has 10 heteroatoms. The van der Waals surface area contributed by atoms with Crippen molar-refractivity contribution in [3.63, 3.8) is 0 Å². The van der Waals surface area contributed by atoms with Crippen LogP contribution in [0.4, 0.5) is 0 Å². The van der Waals surface area contributed by atoms with Gasteiger partial charge >= 0.3 is 0 Å². The number of phenols is 2. The number of aromatic hydroxyl groups is 2. The fourth-order valence-corrected chi connectivity index (χ4v) is 2.47. The lowest BCUT2D eigenvalue weighted by Gasteiger charge is -2.23. The number of nitrogens with zero attached hydrogens (tertiary/aromatic N) is 5. The SMILES string of the molecule is COc1ccc(C=N/C(C#N)=C(/C#N)N=Cc2ccc(OCC[N+](C)(C)C)cc2O)c(O)c1.[Br-]. The number of methoxy groups -OCH3 is 1. The van der Waals surface area contributed by atoms with E-state index in [-0.39, 0.29) is 39.9 Å². The minimum atomic E-state index is -0.247. The first kappa shape index (κ1) is 28.2. The van der Waals surface area contributed by atoms with E-state index >= 15 is 0 Å². The summed E-state index contributed by atoms with van der Waals surface area (Å²) in [5, 5.41) is 39.0. The number of quaternary nitrogens is 1. The fraction of sp³-hybridized carbons (Fsp3) is 0.250. The van der Waals surface area contributed by atoms with E-state index in [9.17, 15) is 20.7 Å². The zero-order valence-corrected chi connectivity index (χ0v) is 20.9. The smallest absolute Gasteiger partial charge is 0.176 e. The lowest BCUT2D eigenvalue weighted by Crippen LogP contribution is -3.00. The summed E-state index contributed by atoms with van der Waals surface area (Å²) in [5.41, 5.74) is 0.187. The number of ether oxygens (including phenoxy) is 2. The number of nitriles is 2. The maximum absolute atomic E-state index is 10.3. The van der Waals surface area contributed by atoms with Crippen molar-refractivity contribution < 1.29 is 41.2 Å². The Morgan fingerprint density at radius 2 is 1.38 bits per heavy atom. The summed E-state index contributed by atoms with van der Waals surface area (Å²) in [6.45, 7) is 1.29. The van der Waals surface area contributed by atoms with Gasteiger partial charge in [-0.1, -0.05) is 0 Å². The second-order valence-electron chi connectivity index (χ2n) is 7.94. The van der Waals surface area contributed by atoms with Gasteiger partial charge in [-0.15, -0.1) is 0 Å². The molecule has 2 aromatic rings. The summed E-state index contributed by atoms with van der Waals surface area (Å²) in [6, 6.07) is 13.0. The second kappa shape index (κ2) is 13.0. The number of allylic oxidation sites excluding steroid dienone is 2. The van der Waals surface area contributed by atoms with Crippen molar-refractivity contribution in [2.24, 2.45) is 9.98 Å². The van der Waals surface area contributed by atoms with Gasteiger partial charge in [-0.2, -0.15) is 10.5 Å². The number of halogens is 1. The van der Waals surface area contributed by atoms with Crippen LogP contribution in [-0.2, 0) is 0 Å². The minimum absolute atomic E-state index is 0. The van der Waals surface area contributed by atoms with E-state index in [1.165, 1.54) is 31.7 Å². The normalized spacial score (nSPS) is 11.9. The molecule has 2 rings (SSSR count). The van der Waals surface area contributed by atoms with Crippen LogP contribution in [0.15, 0.2) is 57.8 Å². The van der Waals surface area contributed by atoms with Crippen LogP contribution in [0.2, 0.25) is 0 Å². The van der Waals surface area contributed by atoms with Gasteiger partial charge in [0.05, 0.1) is 28.3 Å². The largest absolute Gasteiger partial charge is 1.00 e. The monoisotopic (exact) mass is 527 g/mol. The van der Waals surface area contributed by atoms with E-state index in [0.29, 0.717) is 29.2 Å². The molecule has 0 spiro atoms. The van der Waals surface area contributed by atoms with Crippen molar-refractivity contribution in [3.8, 4) is 35.1 Å². The topological polar surface area (TPSA) is 131 Å². The zero-order valence-electron chi connectivity index (χ0n) is 19.4. The third-order valence-electron chi connectivity index (χ3n) is 4.37. The number of benzene rings is 2. The van der Waals surface area contributed by atoms with Crippen LogP contribution in [0, 0.1) is 22.7 Å². The lowest BCUT2D eigenvalue weighted by molar-refractivity contribution is -0.870. The Morgan fingerprint density at radius 1 is 0.912 bits per heavy atom. The molecule has 0 fully saturated rings. The van der Waals surface area contributed by atoms with Gasteiger partial charge in [0.1, 0.15) is 48.3 Å². The molecule has 0 amide bonds. The molecule has 9 nitrogen and oxygen atoms in total. The Labute approximate surface area is 209 Å². The quantitative estimate of drug-likeness (QED) is 0.268. The maximum atomic E-state index is 10.3. The Bertz CT molecular complexity index is 1170. The summed E-state index contributed by atoms with van der Waals surface area (Å²) >= 11 is 0. The van der Waals surface area contributed by atoms with Crippen LogP contribution in [-0.4, -0.2) is 68.5 Å². The molecule has 2 N–H and O–H groups in total. The van der Waals surface area contributed by atoms with Crippen molar-refractivity contribution in [2.75, 3.05) is 41.4 Å². The van der Waals surface area contributed by atoms with Crippen LogP contribution < -0.4 is 26.5 Å². The number of hydrogen-bond donors (Lipinski definition) is 2. The van der Waals surface area contributed by atoms with Crippen LogP contribution in [0.25, 0.3) is 0 Å². The van der Waals surface area contributed by atoms with Gasteiger partial charge in [0.2, 0.25) is 0 Å². The van der Waals surface area contributed by atoms with Crippen LogP contribution in [0.3, 0.4) is 0 Å². The third-order valence-corrected chi connectivity index (χ3v) is 4.37. The standard InChI is InChI=1S/C24H25N5O4.BrH/c1-29(2,3)9-10-33-20-8-6-18(24(31)12-20)16-28-22(14-26)21(13-25)27-15-17-5-7-19(32-4)11-23(17)30;/h5-8,11-12,15-16H,9-10H2,1-4H3,(H-,27,28,30,31);1H/b22-21-;. The number of phenolic OH excluding ortho intramolecular Hbond substituents is 2. The van der Waals surface area contributed by atoms with E-state index in [0.717, 1.165) is 11.0 Å². The molecular weight excluding hydrogens is 502 g/mol. The fourth-order valence-electron chi connectivity index (χ4n) is 2.47. The Balaban J connectivity index is 0.00000578. The first-order valence-corrected chi connectivity index (χ1v) is 9.92. The van der Waals surface area contributed by atoms with Gasteiger partial charge in [-0.25, -0.2) is 9.98 Å². The number of aliphatic imine (C=N–C) groups is 2. The summed E-state index contributed by atoms with van der Waals surface area (Å²) in [4.78, 5) is 7.98. The highest BCUT2D eigenvalue weighted by molar-refractivity contribution is 5.86. The molecule has 34 heavy (non-hydrogen) atoms. The molecule has 2 aromatic carbocycles. The average Bonchev–Trinajstić information content (AvgIpc) is 2.77. The van der Waals surface area contributed by atoms with E-state index < -0.39 is 0 Å². The molecule has 0 saturated heterocycles. The number of rotatable bonds is 9. The molecule has 0 radical (unpaired) electrons. The van der Waals surface area contributed by atoms with E-state index in [4.69, 9.17) is 9.47 Å². The summed E-state index contributed by atoms with van der Waals surface area (Å²) < 4.78 is 11.4. The van der Waals surface area contributed by atoms with E-state index in [2.05, 4.69) is 31.1 Å². The maximum Gasteiger partial charge on any atom is 0.176 e.